The highest BCUT2D eigenvalue weighted by Gasteiger charge is 2.10. The molecule has 0 amide bonds. The van der Waals surface area contributed by atoms with E-state index in [-0.39, 0.29) is 0 Å². The Morgan fingerprint density at radius 3 is 2.92 bits per heavy atom. The van der Waals surface area contributed by atoms with E-state index >= 15 is 0 Å². The van der Waals surface area contributed by atoms with Crippen LogP contribution in [0.4, 0.5) is 5.69 Å². The molecule has 0 bridgehead atoms. The third kappa shape index (κ3) is 2.95. The van der Waals surface area contributed by atoms with Crippen molar-refractivity contribution in [3.05, 3.63) is 71.5 Å². The first-order valence-corrected chi connectivity index (χ1v) is 8.31. The van der Waals surface area contributed by atoms with Gasteiger partial charge in [-0.15, -0.1) is 0 Å². The van der Waals surface area contributed by atoms with Crippen LogP contribution >= 0.6 is 0 Å². The summed E-state index contributed by atoms with van der Waals surface area (Å²) < 4.78 is 0. The highest BCUT2D eigenvalue weighted by Crippen LogP contribution is 2.24. The number of aromatic nitrogens is 1. The van der Waals surface area contributed by atoms with E-state index in [0.29, 0.717) is 12.5 Å². The molecule has 4 heteroatoms. The van der Waals surface area contributed by atoms with E-state index in [2.05, 4.69) is 45.6 Å². The number of fused-ring (bicyclic) bond motifs is 2. The highest BCUT2D eigenvalue weighted by atomic mass is 15.1. The first-order valence-electron chi connectivity index (χ1n) is 8.31. The van der Waals surface area contributed by atoms with Crippen molar-refractivity contribution in [2.75, 3.05) is 5.32 Å². The maximum Gasteiger partial charge on any atom is 0.193 e. The van der Waals surface area contributed by atoms with Gasteiger partial charge in [0.15, 0.2) is 5.96 Å². The third-order valence-corrected chi connectivity index (χ3v) is 4.53. The summed E-state index contributed by atoms with van der Waals surface area (Å²) in [6.07, 6.45) is 5.40. The number of aryl methyl sites for hydroxylation is 2. The maximum absolute atomic E-state index is 6.05. The fraction of sp³-hybridized carbons (Fsp3) is 0.200. The minimum Gasteiger partial charge on any atom is -0.370 e. The van der Waals surface area contributed by atoms with Gasteiger partial charge in [0.25, 0.3) is 0 Å². The first kappa shape index (κ1) is 14.7. The van der Waals surface area contributed by atoms with Crippen LogP contribution in [0.25, 0.3) is 10.8 Å². The predicted molar refractivity (Wildman–Crippen MR) is 99.2 cm³/mol. The molecule has 0 aliphatic heterocycles. The number of aliphatic imine (C=N–C) groups is 1. The monoisotopic (exact) mass is 316 g/mol. The second-order valence-corrected chi connectivity index (χ2v) is 6.14. The average Bonchev–Trinajstić information content (AvgIpc) is 3.07. The molecule has 1 aliphatic carbocycles. The molecule has 4 nitrogen and oxygen atoms in total. The zero-order valence-corrected chi connectivity index (χ0v) is 13.5. The van der Waals surface area contributed by atoms with Gasteiger partial charge in [0.05, 0.1) is 12.2 Å². The SMILES string of the molecule is NC(=NCc1nccc2ccccc12)Nc1ccc2c(c1)CCC2. The molecule has 3 aromatic rings. The van der Waals surface area contributed by atoms with Crippen LogP contribution in [0.2, 0.25) is 0 Å². The summed E-state index contributed by atoms with van der Waals surface area (Å²) in [4.78, 5) is 8.90. The molecular formula is C20H20N4. The van der Waals surface area contributed by atoms with E-state index in [1.54, 1.807) is 0 Å². The van der Waals surface area contributed by atoms with Crippen molar-refractivity contribution >= 4 is 22.4 Å². The summed E-state index contributed by atoms with van der Waals surface area (Å²) in [6, 6.07) is 16.6. The number of hydrogen-bond donors (Lipinski definition) is 2. The minimum atomic E-state index is 0.419. The van der Waals surface area contributed by atoms with Crippen molar-refractivity contribution in [3.8, 4) is 0 Å². The van der Waals surface area contributed by atoms with E-state index in [9.17, 15) is 0 Å². The Labute approximate surface area is 141 Å². The normalized spacial score (nSPS) is 13.9. The van der Waals surface area contributed by atoms with Crippen molar-refractivity contribution < 1.29 is 0 Å². The molecule has 1 aliphatic rings. The molecule has 0 atom stereocenters. The summed E-state index contributed by atoms with van der Waals surface area (Å²) in [7, 11) is 0. The van der Waals surface area contributed by atoms with Gasteiger partial charge in [-0.05, 0) is 54.0 Å². The number of nitrogens with zero attached hydrogens (tertiary/aromatic N) is 2. The van der Waals surface area contributed by atoms with Crippen LogP contribution in [0.1, 0.15) is 23.2 Å². The Morgan fingerprint density at radius 1 is 1.08 bits per heavy atom. The lowest BCUT2D eigenvalue weighted by Gasteiger charge is -2.08. The Bertz CT molecular complexity index is 909. The Kier molecular flexibility index (Phi) is 3.87. The van der Waals surface area contributed by atoms with Gasteiger partial charge in [0, 0.05) is 17.3 Å². The number of hydrogen-bond acceptors (Lipinski definition) is 2. The van der Waals surface area contributed by atoms with Gasteiger partial charge in [0.1, 0.15) is 0 Å². The first-order chi connectivity index (χ1) is 11.8. The number of rotatable bonds is 3. The molecule has 0 unspecified atom stereocenters. The number of pyridine rings is 1. The van der Waals surface area contributed by atoms with Gasteiger partial charge < -0.3 is 11.1 Å². The second kappa shape index (κ2) is 6.32. The molecule has 24 heavy (non-hydrogen) atoms. The summed E-state index contributed by atoms with van der Waals surface area (Å²) in [5, 5.41) is 5.48. The molecule has 4 rings (SSSR count). The maximum atomic E-state index is 6.05. The minimum absolute atomic E-state index is 0.419. The van der Waals surface area contributed by atoms with Crippen LogP contribution in [-0.4, -0.2) is 10.9 Å². The van der Waals surface area contributed by atoms with Gasteiger partial charge in [-0.3, -0.25) is 4.98 Å². The fourth-order valence-corrected chi connectivity index (χ4v) is 3.31. The Balaban J connectivity index is 1.51. The van der Waals surface area contributed by atoms with Crippen molar-refractivity contribution in [1.82, 2.24) is 4.98 Å². The van der Waals surface area contributed by atoms with E-state index in [0.717, 1.165) is 23.2 Å². The van der Waals surface area contributed by atoms with Crippen molar-refractivity contribution in [2.45, 2.75) is 25.8 Å². The quantitative estimate of drug-likeness (QED) is 0.572. The molecule has 0 radical (unpaired) electrons. The topological polar surface area (TPSA) is 63.3 Å². The number of nitrogens with one attached hydrogen (secondary N) is 1. The molecule has 120 valence electrons. The van der Waals surface area contributed by atoms with Crippen LogP contribution in [0.3, 0.4) is 0 Å². The highest BCUT2D eigenvalue weighted by molar-refractivity contribution is 5.92. The lowest BCUT2D eigenvalue weighted by Crippen LogP contribution is -2.22. The molecule has 3 N–H and O–H groups in total. The van der Waals surface area contributed by atoms with E-state index < -0.39 is 0 Å². The van der Waals surface area contributed by atoms with Crippen LogP contribution in [0, 0.1) is 0 Å². The molecule has 0 saturated carbocycles. The summed E-state index contributed by atoms with van der Waals surface area (Å²) in [5.41, 5.74) is 10.9. The molecule has 1 heterocycles. The molecular weight excluding hydrogens is 296 g/mol. The molecule has 0 fully saturated rings. The molecule has 0 spiro atoms. The predicted octanol–water partition coefficient (Wildman–Crippen LogP) is 3.65. The van der Waals surface area contributed by atoms with E-state index in [1.165, 1.54) is 29.4 Å². The van der Waals surface area contributed by atoms with Crippen molar-refractivity contribution in [2.24, 2.45) is 10.7 Å². The van der Waals surface area contributed by atoms with Gasteiger partial charge in [-0.2, -0.15) is 0 Å². The van der Waals surface area contributed by atoms with Crippen LogP contribution in [-0.2, 0) is 19.4 Å². The van der Waals surface area contributed by atoms with Gasteiger partial charge in [0.2, 0.25) is 0 Å². The Morgan fingerprint density at radius 2 is 1.96 bits per heavy atom. The molecule has 0 saturated heterocycles. The third-order valence-electron chi connectivity index (χ3n) is 4.53. The van der Waals surface area contributed by atoms with Gasteiger partial charge in [-0.25, -0.2) is 4.99 Å². The van der Waals surface area contributed by atoms with Crippen molar-refractivity contribution in [1.29, 1.82) is 0 Å². The number of guanidine groups is 1. The lowest BCUT2D eigenvalue weighted by molar-refractivity contribution is 0.912. The van der Waals surface area contributed by atoms with Crippen LogP contribution in [0.5, 0.6) is 0 Å². The number of nitrogens with two attached hydrogens (primary N) is 1. The van der Waals surface area contributed by atoms with Crippen LogP contribution < -0.4 is 11.1 Å². The van der Waals surface area contributed by atoms with Gasteiger partial charge >= 0.3 is 0 Å². The molecule has 2 aromatic carbocycles. The van der Waals surface area contributed by atoms with Gasteiger partial charge in [-0.1, -0.05) is 30.3 Å². The summed E-state index contributed by atoms with van der Waals surface area (Å²) in [5.74, 6) is 0.419. The zero-order valence-electron chi connectivity index (χ0n) is 13.5. The lowest BCUT2D eigenvalue weighted by atomic mass is 10.1. The summed E-state index contributed by atoms with van der Waals surface area (Å²) >= 11 is 0. The second-order valence-electron chi connectivity index (χ2n) is 6.14. The van der Waals surface area contributed by atoms with Crippen LogP contribution in [0.15, 0.2) is 59.7 Å². The standard InChI is InChI=1S/C20H20N4/c21-20(24-17-9-8-14-5-3-6-16(14)12-17)23-13-19-18-7-2-1-4-15(18)10-11-22-19/h1-2,4,7-12H,3,5-6,13H2,(H3,21,23,24). The number of benzene rings is 2. The average molecular weight is 316 g/mol. The number of anilines is 1. The van der Waals surface area contributed by atoms with E-state index in [1.807, 2.05) is 24.4 Å². The van der Waals surface area contributed by atoms with Crippen molar-refractivity contribution in [3.63, 3.8) is 0 Å². The summed E-state index contributed by atoms with van der Waals surface area (Å²) in [6.45, 7) is 0.463. The fourth-order valence-electron chi connectivity index (χ4n) is 3.31. The molecule has 1 aromatic heterocycles. The van der Waals surface area contributed by atoms with E-state index in [4.69, 9.17) is 5.73 Å². The largest absolute Gasteiger partial charge is 0.370 e. The smallest absolute Gasteiger partial charge is 0.193 e. The zero-order chi connectivity index (χ0) is 16.4. The Hall–Kier alpha value is -2.88.